The maximum atomic E-state index is 13.7. The molecule has 1 fully saturated rings. The van der Waals surface area contributed by atoms with Crippen LogP contribution in [0.2, 0.25) is 5.02 Å². The molecule has 4 heterocycles. The Hall–Kier alpha value is -4.56. The highest BCUT2D eigenvalue weighted by Crippen LogP contribution is 2.38. The lowest BCUT2D eigenvalue weighted by atomic mass is 9.80. The average Bonchev–Trinajstić information content (AvgIpc) is 3.67. The second kappa shape index (κ2) is 16.3. The molecular weight excluding hydrogens is 720 g/mol. The van der Waals surface area contributed by atoms with E-state index in [-0.39, 0.29) is 17.7 Å². The van der Waals surface area contributed by atoms with Crippen molar-refractivity contribution in [2.45, 2.75) is 78.0 Å². The van der Waals surface area contributed by atoms with Gasteiger partial charge in [0.05, 0.1) is 34.1 Å². The molecule has 0 spiro atoms. The zero-order valence-electron chi connectivity index (χ0n) is 32.1. The van der Waals surface area contributed by atoms with Gasteiger partial charge in [-0.05, 0) is 81.7 Å². The number of anilines is 2. The number of aliphatic hydroxyl groups is 1. The lowest BCUT2D eigenvalue weighted by Gasteiger charge is -2.30. The number of carbonyl (C=O) groups is 3. The van der Waals surface area contributed by atoms with Gasteiger partial charge in [-0.3, -0.25) is 24.2 Å². The molecule has 2 aromatic carbocycles. The van der Waals surface area contributed by atoms with Gasteiger partial charge in [-0.15, -0.1) is 0 Å². The van der Waals surface area contributed by atoms with Gasteiger partial charge in [0.25, 0.3) is 11.8 Å². The molecule has 0 radical (unpaired) electrons. The van der Waals surface area contributed by atoms with Crippen molar-refractivity contribution in [1.29, 1.82) is 0 Å². The lowest BCUT2D eigenvalue weighted by Crippen LogP contribution is -2.36. The van der Waals surface area contributed by atoms with Crippen molar-refractivity contribution in [1.82, 2.24) is 28.9 Å². The minimum Gasteiger partial charge on any atom is -0.481 e. The monoisotopic (exact) mass is 770 g/mol. The summed E-state index contributed by atoms with van der Waals surface area (Å²) in [6.07, 6.45) is 5.62. The molecule has 4 aromatic rings. The molecule has 4 N–H and O–H groups in total. The molecule has 292 valence electrons. The molecule has 1 aliphatic carbocycles. The summed E-state index contributed by atoms with van der Waals surface area (Å²) in [5.74, 6) is -0.310. The first-order valence-corrected chi connectivity index (χ1v) is 19.7. The summed E-state index contributed by atoms with van der Waals surface area (Å²) in [7, 11) is 3.74. The third-order valence-corrected chi connectivity index (χ3v) is 12.2. The van der Waals surface area contributed by atoms with Gasteiger partial charge in [0.15, 0.2) is 11.6 Å². The van der Waals surface area contributed by atoms with Crippen molar-refractivity contribution in [3.05, 3.63) is 81.4 Å². The van der Waals surface area contributed by atoms with E-state index in [2.05, 4.69) is 20.4 Å². The van der Waals surface area contributed by atoms with Crippen LogP contribution < -0.4 is 10.6 Å². The van der Waals surface area contributed by atoms with E-state index in [1.807, 2.05) is 60.5 Å². The molecule has 1 atom stereocenters. The molecular formula is C41H51ClN8O5. The Bertz CT molecular complexity index is 2100. The molecule has 7 rings (SSSR count). The largest absolute Gasteiger partial charge is 0.481 e. The summed E-state index contributed by atoms with van der Waals surface area (Å²) in [6, 6.07) is 11.2. The van der Waals surface area contributed by atoms with Crippen molar-refractivity contribution in [2.24, 2.45) is 25.9 Å². The normalized spacial score (nSPS) is 19.4. The van der Waals surface area contributed by atoms with Gasteiger partial charge in [0.2, 0.25) is 0 Å². The zero-order valence-corrected chi connectivity index (χ0v) is 32.8. The molecule has 2 aromatic heterocycles. The number of nitrogens with one attached hydrogen (secondary N) is 2. The quantitative estimate of drug-likeness (QED) is 0.151. The van der Waals surface area contributed by atoms with E-state index in [1.165, 1.54) is 0 Å². The van der Waals surface area contributed by atoms with Gasteiger partial charge in [0.1, 0.15) is 0 Å². The van der Waals surface area contributed by atoms with Crippen LogP contribution in [0.1, 0.15) is 88.6 Å². The number of β-amino-alcohol motifs (C(OH)–C–C–N with tert-alkyl or cyclic N) is 1. The van der Waals surface area contributed by atoms with Gasteiger partial charge >= 0.3 is 5.97 Å². The number of hydrogen-bond donors (Lipinski definition) is 4. The Morgan fingerprint density at radius 2 is 1.38 bits per heavy atom. The molecule has 0 saturated heterocycles. The maximum absolute atomic E-state index is 13.7. The minimum absolute atomic E-state index is 0.195. The zero-order chi connectivity index (χ0) is 39.0. The molecule has 2 amide bonds. The standard InChI is InChI=1S/C41H51ClN8O5/c1-24(51)21-50-20-17-35-33(23-50)44-37(48(35)4)39(52)45-30-9-5-7-28(25(30)2)29-8-6-10-31(36(29)42)46-40(53)38-43-32-22-49(19-16-34(32)47(38)3)18-15-26-11-13-27(14-12-26)41(54)55/h5-10,24,26-27,51H,11-23H2,1-4H3,(H,45,52)(H,46,53)(H,54,55). The number of carbonyl (C=O) groups excluding carboxylic acids is 2. The summed E-state index contributed by atoms with van der Waals surface area (Å²) in [5, 5.41) is 25.6. The Labute approximate surface area is 326 Å². The number of halogens is 1. The fraction of sp³-hybridized carbons (Fsp3) is 0.488. The molecule has 13 nitrogen and oxygen atoms in total. The third-order valence-electron chi connectivity index (χ3n) is 11.8. The van der Waals surface area contributed by atoms with E-state index in [4.69, 9.17) is 21.6 Å². The van der Waals surface area contributed by atoms with E-state index in [9.17, 15) is 24.6 Å². The lowest BCUT2D eigenvalue weighted by molar-refractivity contribution is -0.143. The number of hydrogen-bond acceptors (Lipinski definition) is 8. The van der Waals surface area contributed by atoms with E-state index in [0.29, 0.717) is 59.2 Å². The van der Waals surface area contributed by atoms with Crippen LogP contribution in [-0.4, -0.2) is 89.2 Å². The first-order valence-electron chi connectivity index (χ1n) is 19.3. The predicted octanol–water partition coefficient (Wildman–Crippen LogP) is 5.67. The summed E-state index contributed by atoms with van der Waals surface area (Å²) >= 11 is 7.01. The topological polar surface area (TPSA) is 158 Å². The number of carboxylic acid groups (broad SMARTS) is 1. The van der Waals surface area contributed by atoms with Crippen molar-refractivity contribution in [3.8, 4) is 11.1 Å². The first-order chi connectivity index (χ1) is 26.4. The molecule has 2 aliphatic heterocycles. The fourth-order valence-electron chi connectivity index (χ4n) is 8.61. The highest BCUT2D eigenvalue weighted by atomic mass is 35.5. The number of aromatic nitrogens is 4. The van der Waals surface area contributed by atoms with E-state index in [0.717, 1.165) is 98.5 Å². The molecule has 0 bridgehead atoms. The third kappa shape index (κ3) is 8.21. The Balaban J connectivity index is 1.01. The summed E-state index contributed by atoms with van der Waals surface area (Å²) in [4.78, 5) is 52.6. The van der Waals surface area contributed by atoms with Crippen LogP contribution in [0, 0.1) is 18.8 Å². The average molecular weight is 771 g/mol. The number of amides is 2. The van der Waals surface area contributed by atoms with Crippen LogP contribution >= 0.6 is 11.6 Å². The van der Waals surface area contributed by atoms with Crippen molar-refractivity contribution < 1.29 is 24.6 Å². The molecule has 1 unspecified atom stereocenters. The molecule has 1 saturated carbocycles. The molecule has 55 heavy (non-hydrogen) atoms. The van der Waals surface area contributed by atoms with Gasteiger partial charge in [0, 0.05) is 82.3 Å². The van der Waals surface area contributed by atoms with Crippen LogP contribution in [0.15, 0.2) is 36.4 Å². The van der Waals surface area contributed by atoms with Crippen LogP contribution in [0.3, 0.4) is 0 Å². The van der Waals surface area contributed by atoms with Crippen molar-refractivity contribution in [3.63, 3.8) is 0 Å². The highest BCUT2D eigenvalue weighted by Gasteiger charge is 2.30. The summed E-state index contributed by atoms with van der Waals surface area (Å²) in [6.45, 7) is 8.13. The smallest absolute Gasteiger partial charge is 0.306 e. The second-order valence-corrected chi connectivity index (χ2v) is 15.9. The van der Waals surface area contributed by atoms with E-state index < -0.39 is 12.1 Å². The maximum Gasteiger partial charge on any atom is 0.306 e. The Morgan fingerprint density at radius 3 is 1.98 bits per heavy atom. The minimum atomic E-state index is -0.669. The van der Waals surface area contributed by atoms with Crippen LogP contribution in [0.25, 0.3) is 11.1 Å². The highest BCUT2D eigenvalue weighted by molar-refractivity contribution is 6.36. The number of aliphatic hydroxyl groups excluding tert-OH is 1. The van der Waals surface area contributed by atoms with E-state index >= 15 is 0 Å². The Morgan fingerprint density at radius 1 is 0.836 bits per heavy atom. The van der Waals surface area contributed by atoms with Crippen LogP contribution in [0.5, 0.6) is 0 Å². The van der Waals surface area contributed by atoms with Crippen molar-refractivity contribution >= 4 is 40.8 Å². The number of nitrogens with zero attached hydrogens (tertiary/aromatic N) is 6. The van der Waals surface area contributed by atoms with Crippen LogP contribution in [-0.2, 0) is 44.8 Å². The molecule has 14 heteroatoms. The Kier molecular flexibility index (Phi) is 11.4. The SMILES string of the molecule is Cc1c(NC(=O)c2nc3c(n2C)CCN(CC(C)O)C3)cccc1-c1cccc(NC(=O)c2nc3c(n2C)CCN(CCC2CCC(C(=O)O)CC2)C3)c1Cl. The van der Waals surface area contributed by atoms with Gasteiger partial charge in [-0.1, -0.05) is 35.9 Å². The number of carboxylic acids is 1. The number of fused-ring (bicyclic) bond motifs is 2. The number of rotatable bonds is 11. The molecule has 3 aliphatic rings. The summed E-state index contributed by atoms with van der Waals surface area (Å²) in [5.41, 5.74) is 7.28. The van der Waals surface area contributed by atoms with Gasteiger partial charge in [-0.25, -0.2) is 9.97 Å². The second-order valence-electron chi connectivity index (χ2n) is 15.5. The van der Waals surface area contributed by atoms with Crippen molar-refractivity contribution in [2.75, 3.05) is 36.8 Å². The summed E-state index contributed by atoms with van der Waals surface area (Å²) < 4.78 is 3.74. The van der Waals surface area contributed by atoms with Crippen LogP contribution in [0.4, 0.5) is 11.4 Å². The van der Waals surface area contributed by atoms with Gasteiger partial charge in [-0.2, -0.15) is 0 Å². The van der Waals surface area contributed by atoms with E-state index in [1.54, 1.807) is 13.0 Å². The first kappa shape index (κ1) is 38.7. The number of imidazole rings is 2. The number of benzene rings is 2. The predicted molar refractivity (Wildman–Crippen MR) is 211 cm³/mol. The fourth-order valence-corrected chi connectivity index (χ4v) is 8.89. The van der Waals surface area contributed by atoms with Gasteiger partial charge < -0.3 is 30.0 Å². The number of aliphatic carboxylic acids is 1.